The van der Waals surface area contributed by atoms with E-state index in [0.29, 0.717) is 5.66 Å². The van der Waals surface area contributed by atoms with Gasteiger partial charge in [-0.1, -0.05) is 141 Å². The van der Waals surface area contributed by atoms with Gasteiger partial charge in [0.15, 0.2) is 0 Å². The Morgan fingerprint density at radius 1 is 0.581 bits per heavy atom. The highest BCUT2D eigenvalue weighted by Gasteiger charge is 2.11. The fourth-order valence-electron chi connectivity index (χ4n) is 3.81. The average molecular weight is 447 g/mol. The summed E-state index contributed by atoms with van der Waals surface area (Å²) < 4.78 is 0. The highest BCUT2D eigenvalue weighted by molar-refractivity contribution is 7.64. The summed E-state index contributed by atoms with van der Waals surface area (Å²) in [6.45, 7) is 10.9. The molecule has 0 aromatic carbocycles. The first-order valence-electron chi connectivity index (χ1n) is 13.7. The third-order valence-electron chi connectivity index (χ3n) is 5.88. The summed E-state index contributed by atoms with van der Waals surface area (Å²) in [4.78, 5) is 0. The number of rotatable bonds is 23. The zero-order chi connectivity index (χ0) is 22.8. The van der Waals surface area contributed by atoms with Crippen LogP contribution in [0.3, 0.4) is 0 Å². The number of allylic oxidation sites excluding steroid dienone is 5. The van der Waals surface area contributed by atoms with Crippen LogP contribution in [0, 0.1) is 0 Å². The first-order chi connectivity index (χ1) is 15.3. The molecule has 1 atom stereocenters. The van der Waals surface area contributed by atoms with Crippen LogP contribution in [0.5, 0.6) is 0 Å². The van der Waals surface area contributed by atoms with E-state index >= 15 is 0 Å². The molecule has 0 heterocycles. The molecule has 0 radical (unpaired) electrons. The normalized spacial score (nSPS) is 14.2. The smallest absolute Gasteiger partial charge is 0.00739 e. The van der Waals surface area contributed by atoms with Crippen LogP contribution in [-0.4, -0.2) is 5.66 Å². The minimum atomic E-state index is -0.232. The van der Waals surface area contributed by atoms with Gasteiger partial charge in [0.25, 0.3) is 0 Å². The van der Waals surface area contributed by atoms with Crippen molar-refractivity contribution in [1.29, 1.82) is 0 Å². The predicted octanol–water partition coefficient (Wildman–Crippen LogP) is 11.7. The van der Waals surface area contributed by atoms with E-state index in [0.717, 1.165) is 6.42 Å². The van der Waals surface area contributed by atoms with E-state index in [1.54, 1.807) is 0 Å². The Labute approximate surface area is 198 Å². The van der Waals surface area contributed by atoms with E-state index in [1.807, 2.05) is 0 Å². The van der Waals surface area contributed by atoms with Crippen LogP contribution in [0.15, 0.2) is 48.6 Å². The molecule has 0 aromatic heterocycles. The van der Waals surface area contributed by atoms with Crippen LogP contribution in [0.2, 0.25) is 0 Å². The van der Waals surface area contributed by atoms with E-state index in [1.165, 1.54) is 109 Å². The largest absolute Gasteiger partial charge is 0.103 e. The molecular formula is C30H55P. The summed E-state index contributed by atoms with van der Waals surface area (Å²) in [5, 5.41) is 0. The molecule has 0 saturated heterocycles. The first-order valence-corrected chi connectivity index (χ1v) is 15.2. The average Bonchev–Trinajstić information content (AvgIpc) is 2.78. The molecule has 0 spiro atoms. The highest BCUT2D eigenvalue weighted by atomic mass is 31.1. The van der Waals surface area contributed by atoms with Crippen LogP contribution in [-0.2, 0) is 0 Å². The SMILES string of the molecule is C=CCC(C=CCCCCCC)P(C=CCCCCCCC)C=CCCCCCCC. The van der Waals surface area contributed by atoms with Crippen molar-refractivity contribution in [3.8, 4) is 0 Å². The fourth-order valence-corrected chi connectivity index (χ4v) is 5.85. The molecule has 0 rings (SSSR count). The van der Waals surface area contributed by atoms with Gasteiger partial charge in [0.1, 0.15) is 0 Å². The molecule has 0 nitrogen and oxygen atoms in total. The van der Waals surface area contributed by atoms with E-state index in [2.05, 4.69) is 69.4 Å². The predicted molar refractivity (Wildman–Crippen MR) is 148 cm³/mol. The maximum atomic E-state index is 4.06. The van der Waals surface area contributed by atoms with Crippen LogP contribution in [0.4, 0.5) is 0 Å². The molecule has 180 valence electrons. The standard InChI is InChI=1S/C30H55P/c1-5-9-12-15-18-21-24-28-31(29-25-22-19-16-13-10-6-2)30(26-8-4)27-23-20-17-14-11-7-3/h8,23-25,27-30H,4-7,9-22,26H2,1-3H3. The third kappa shape index (κ3) is 21.0. The Balaban J connectivity index is 4.74. The van der Waals surface area contributed by atoms with Crippen molar-refractivity contribution in [3.05, 3.63) is 48.6 Å². The lowest BCUT2D eigenvalue weighted by Crippen LogP contribution is -1.98. The lowest BCUT2D eigenvalue weighted by molar-refractivity contribution is 0.637. The van der Waals surface area contributed by atoms with E-state index in [9.17, 15) is 0 Å². The first kappa shape index (κ1) is 30.4. The van der Waals surface area contributed by atoms with Crippen LogP contribution in [0.1, 0.15) is 136 Å². The molecule has 1 heteroatoms. The van der Waals surface area contributed by atoms with Crippen molar-refractivity contribution in [2.75, 3.05) is 0 Å². The van der Waals surface area contributed by atoms with Crippen LogP contribution >= 0.6 is 7.92 Å². The monoisotopic (exact) mass is 446 g/mol. The lowest BCUT2D eigenvalue weighted by atomic mass is 10.1. The second-order valence-electron chi connectivity index (χ2n) is 8.99. The fraction of sp³-hybridized carbons (Fsp3) is 0.733. The summed E-state index contributed by atoms with van der Waals surface area (Å²) in [5.74, 6) is 5.11. The Hall–Kier alpha value is -0.610. The Kier molecular flexibility index (Phi) is 25.1. The molecule has 0 fully saturated rings. The van der Waals surface area contributed by atoms with Gasteiger partial charge in [-0.05, 0) is 44.9 Å². The van der Waals surface area contributed by atoms with Gasteiger partial charge in [-0.2, -0.15) is 0 Å². The molecule has 1 unspecified atom stereocenters. The van der Waals surface area contributed by atoms with Gasteiger partial charge in [-0.15, -0.1) is 6.58 Å². The second kappa shape index (κ2) is 25.6. The van der Waals surface area contributed by atoms with Gasteiger partial charge in [-0.25, -0.2) is 0 Å². The van der Waals surface area contributed by atoms with Gasteiger partial charge in [0.05, 0.1) is 0 Å². The summed E-state index contributed by atoms with van der Waals surface area (Å²) in [7, 11) is -0.232. The van der Waals surface area contributed by atoms with Gasteiger partial charge in [0, 0.05) is 5.66 Å². The quantitative estimate of drug-likeness (QED) is 0.0831. The molecular weight excluding hydrogens is 391 g/mol. The van der Waals surface area contributed by atoms with Crippen molar-refractivity contribution >= 4 is 7.92 Å². The van der Waals surface area contributed by atoms with Crippen molar-refractivity contribution in [1.82, 2.24) is 0 Å². The molecule has 0 aliphatic carbocycles. The van der Waals surface area contributed by atoms with Crippen molar-refractivity contribution in [2.45, 2.75) is 142 Å². The van der Waals surface area contributed by atoms with E-state index in [4.69, 9.17) is 0 Å². The maximum absolute atomic E-state index is 4.06. The molecule has 0 bridgehead atoms. The van der Waals surface area contributed by atoms with E-state index < -0.39 is 0 Å². The topological polar surface area (TPSA) is 0 Å². The van der Waals surface area contributed by atoms with Gasteiger partial charge < -0.3 is 0 Å². The Bertz CT molecular complexity index is 421. The van der Waals surface area contributed by atoms with Gasteiger partial charge in [-0.3, -0.25) is 0 Å². The van der Waals surface area contributed by atoms with Gasteiger partial charge in [0.2, 0.25) is 0 Å². The molecule has 0 aliphatic heterocycles. The van der Waals surface area contributed by atoms with Crippen molar-refractivity contribution in [2.24, 2.45) is 0 Å². The summed E-state index contributed by atoms with van der Waals surface area (Å²) in [5.41, 5.74) is 0.617. The molecule has 31 heavy (non-hydrogen) atoms. The van der Waals surface area contributed by atoms with E-state index in [-0.39, 0.29) is 7.92 Å². The Morgan fingerprint density at radius 2 is 1.00 bits per heavy atom. The summed E-state index contributed by atoms with van der Waals surface area (Å²) >= 11 is 0. The number of hydrogen-bond donors (Lipinski definition) is 0. The summed E-state index contributed by atoms with van der Waals surface area (Å²) in [6.07, 6.45) is 36.0. The van der Waals surface area contributed by atoms with Gasteiger partial charge >= 0.3 is 0 Å². The minimum Gasteiger partial charge on any atom is -0.103 e. The third-order valence-corrected chi connectivity index (χ3v) is 8.14. The zero-order valence-corrected chi connectivity index (χ0v) is 22.4. The maximum Gasteiger partial charge on any atom is 0.00739 e. The molecule has 0 N–H and O–H groups in total. The van der Waals surface area contributed by atoms with Crippen molar-refractivity contribution < 1.29 is 0 Å². The van der Waals surface area contributed by atoms with Crippen LogP contribution in [0.25, 0.3) is 0 Å². The zero-order valence-electron chi connectivity index (χ0n) is 21.5. The highest BCUT2D eigenvalue weighted by Crippen LogP contribution is 2.47. The van der Waals surface area contributed by atoms with Crippen LogP contribution < -0.4 is 0 Å². The molecule has 0 aromatic rings. The minimum absolute atomic E-state index is 0.232. The Morgan fingerprint density at radius 3 is 1.45 bits per heavy atom. The second-order valence-corrected chi connectivity index (χ2v) is 11.1. The van der Waals surface area contributed by atoms with Crippen molar-refractivity contribution in [3.63, 3.8) is 0 Å². The summed E-state index contributed by atoms with van der Waals surface area (Å²) in [6, 6.07) is 0. The number of unbranched alkanes of at least 4 members (excludes halogenated alkanes) is 14. The molecule has 0 aliphatic rings. The molecule has 0 amide bonds. The lowest BCUT2D eigenvalue weighted by Gasteiger charge is -2.18. The molecule has 0 saturated carbocycles. The number of hydrogen-bond acceptors (Lipinski definition) is 0.